The summed E-state index contributed by atoms with van der Waals surface area (Å²) in [5.41, 5.74) is 2.72. The van der Waals surface area contributed by atoms with Gasteiger partial charge < -0.3 is 9.64 Å². The van der Waals surface area contributed by atoms with Crippen molar-refractivity contribution in [2.24, 2.45) is 0 Å². The fourth-order valence-corrected chi connectivity index (χ4v) is 3.16. The lowest BCUT2D eigenvalue weighted by Crippen LogP contribution is -2.47. The van der Waals surface area contributed by atoms with Crippen molar-refractivity contribution < 1.29 is 4.74 Å². The minimum absolute atomic E-state index is 0. The highest BCUT2D eigenvalue weighted by Crippen LogP contribution is 2.21. The summed E-state index contributed by atoms with van der Waals surface area (Å²) in [6, 6.07) is 16.2. The van der Waals surface area contributed by atoms with Gasteiger partial charge in [-0.1, -0.05) is 35.9 Å². The second-order valence-electron chi connectivity index (χ2n) is 5.92. The summed E-state index contributed by atoms with van der Waals surface area (Å²) in [6.07, 6.45) is 0. The molecule has 1 aliphatic rings. The van der Waals surface area contributed by atoms with Gasteiger partial charge in [-0.15, -0.1) is 24.8 Å². The third-order valence-electron chi connectivity index (χ3n) is 4.30. The first-order valence-corrected chi connectivity index (χ1v) is 8.51. The van der Waals surface area contributed by atoms with Gasteiger partial charge in [0.05, 0.1) is 0 Å². The van der Waals surface area contributed by atoms with Crippen molar-refractivity contribution in [3.8, 4) is 5.75 Å². The van der Waals surface area contributed by atoms with Crippen LogP contribution in [0.1, 0.15) is 5.56 Å². The van der Waals surface area contributed by atoms with E-state index in [-0.39, 0.29) is 24.8 Å². The first kappa shape index (κ1) is 21.9. The molecule has 0 bridgehead atoms. The van der Waals surface area contributed by atoms with Crippen LogP contribution in [0.5, 0.6) is 5.75 Å². The van der Waals surface area contributed by atoms with Crippen LogP contribution < -0.4 is 9.64 Å². The monoisotopic (exact) mass is 402 g/mol. The topological polar surface area (TPSA) is 15.7 Å². The van der Waals surface area contributed by atoms with Crippen LogP contribution in [0.25, 0.3) is 0 Å². The van der Waals surface area contributed by atoms with Crippen LogP contribution in [0.3, 0.4) is 0 Å². The van der Waals surface area contributed by atoms with Gasteiger partial charge in [0.1, 0.15) is 12.4 Å². The Kier molecular flexibility index (Phi) is 9.44. The van der Waals surface area contributed by atoms with Crippen LogP contribution in [0.15, 0.2) is 48.5 Å². The predicted octanol–water partition coefficient (Wildman–Crippen LogP) is 4.69. The molecule has 138 valence electrons. The van der Waals surface area contributed by atoms with Crippen molar-refractivity contribution in [2.75, 3.05) is 44.2 Å². The zero-order valence-corrected chi connectivity index (χ0v) is 16.7. The zero-order chi connectivity index (χ0) is 16.1. The number of rotatable bonds is 5. The molecule has 1 saturated heterocycles. The molecule has 3 rings (SSSR count). The fourth-order valence-electron chi connectivity index (χ4n) is 2.98. The Morgan fingerprint density at radius 1 is 0.960 bits per heavy atom. The lowest BCUT2D eigenvalue weighted by atomic mass is 10.1. The third kappa shape index (κ3) is 6.27. The molecule has 25 heavy (non-hydrogen) atoms. The van der Waals surface area contributed by atoms with Crippen LogP contribution in [0, 0.1) is 6.92 Å². The molecule has 1 heterocycles. The first-order chi connectivity index (χ1) is 11.2. The van der Waals surface area contributed by atoms with Crippen molar-refractivity contribution in [3.63, 3.8) is 0 Å². The zero-order valence-electron chi connectivity index (χ0n) is 14.4. The molecular weight excluding hydrogens is 379 g/mol. The Balaban J connectivity index is 0.00000156. The molecular formula is C19H25Cl3N2O. The number of para-hydroxylation sites is 1. The van der Waals surface area contributed by atoms with Gasteiger partial charge in [0.25, 0.3) is 0 Å². The summed E-state index contributed by atoms with van der Waals surface area (Å²) in [5.74, 6) is 0.844. The summed E-state index contributed by atoms with van der Waals surface area (Å²) in [4.78, 5) is 4.93. The van der Waals surface area contributed by atoms with Gasteiger partial charge in [-0.25, -0.2) is 0 Å². The van der Waals surface area contributed by atoms with Gasteiger partial charge in [0, 0.05) is 43.4 Å². The summed E-state index contributed by atoms with van der Waals surface area (Å²) in [7, 11) is 0. The number of halogens is 3. The number of ether oxygens (including phenoxy) is 1. The molecule has 0 saturated carbocycles. The van der Waals surface area contributed by atoms with E-state index in [1.54, 1.807) is 0 Å². The maximum absolute atomic E-state index is 5.96. The maximum atomic E-state index is 5.96. The number of anilines is 1. The Labute approximate surface area is 167 Å². The van der Waals surface area contributed by atoms with E-state index in [1.807, 2.05) is 24.3 Å². The Hall–Kier alpha value is -1.13. The summed E-state index contributed by atoms with van der Waals surface area (Å²) < 4.78 is 5.78. The Morgan fingerprint density at radius 3 is 2.36 bits per heavy atom. The SMILES string of the molecule is Cc1ccccc1N1CCN(CCOc2cccc(Cl)c2)CC1.Cl.Cl. The van der Waals surface area contributed by atoms with E-state index >= 15 is 0 Å². The van der Waals surface area contributed by atoms with Crippen LogP contribution in [0.2, 0.25) is 5.02 Å². The van der Waals surface area contributed by atoms with Crippen LogP contribution in [-0.4, -0.2) is 44.2 Å². The summed E-state index contributed by atoms with van der Waals surface area (Å²) in [6.45, 7) is 8.13. The van der Waals surface area contributed by atoms with E-state index in [9.17, 15) is 0 Å². The molecule has 3 nitrogen and oxygen atoms in total. The van der Waals surface area contributed by atoms with Crippen LogP contribution >= 0.6 is 36.4 Å². The molecule has 0 unspecified atom stereocenters. The number of hydrogen-bond acceptors (Lipinski definition) is 3. The van der Waals surface area contributed by atoms with Gasteiger partial charge in [-0.05, 0) is 36.8 Å². The highest BCUT2D eigenvalue weighted by molar-refractivity contribution is 6.30. The number of nitrogens with zero attached hydrogens (tertiary/aromatic N) is 2. The third-order valence-corrected chi connectivity index (χ3v) is 4.54. The van der Waals surface area contributed by atoms with Gasteiger partial charge in [0.2, 0.25) is 0 Å². The first-order valence-electron chi connectivity index (χ1n) is 8.14. The maximum Gasteiger partial charge on any atom is 0.120 e. The molecule has 6 heteroatoms. The fraction of sp³-hybridized carbons (Fsp3) is 0.368. The van der Waals surface area contributed by atoms with Gasteiger partial charge >= 0.3 is 0 Å². The van der Waals surface area contributed by atoms with Gasteiger partial charge in [-0.3, -0.25) is 4.90 Å². The normalized spacial score (nSPS) is 14.4. The predicted molar refractivity (Wildman–Crippen MR) is 111 cm³/mol. The largest absolute Gasteiger partial charge is 0.492 e. The molecule has 0 radical (unpaired) electrons. The van der Waals surface area contributed by atoms with Crippen molar-refractivity contribution >= 4 is 42.1 Å². The number of benzene rings is 2. The van der Waals surface area contributed by atoms with Crippen molar-refractivity contribution in [1.29, 1.82) is 0 Å². The van der Waals surface area contributed by atoms with E-state index in [1.165, 1.54) is 11.3 Å². The number of hydrogen-bond donors (Lipinski definition) is 0. The van der Waals surface area contributed by atoms with Gasteiger partial charge in [0.15, 0.2) is 0 Å². The molecule has 2 aromatic rings. The molecule has 0 aromatic heterocycles. The summed E-state index contributed by atoms with van der Waals surface area (Å²) >= 11 is 5.96. The lowest BCUT2D eigenvalue weighted by Gasteiger charge is -2.36. The Bertz CT molecular complexity index is 646. The minimum atomic E-state index is 0. The highest BCUT2D eigenvalue weighted by Gasteiger charge is 2.17. The second kappa shape index (κ2) is 10.8. The van der Waals surface area contributed by atoms with Crippen molar-refractivity contribution in [1.82, 2.24) is 4.90 Å². The second-order valence-corrected chi connectivity index (χ2v) is 6.36. The smallest absolute Gasteiger partial charge is 0.120 e. The minimum Gasteiger partial charge on any atom is -0.492 e. The molecule has 0 amide bonds. The van der Waals surface area contributed by atoms with E-state index in [4.69, 9.17) is 16.3 Å². The van der Waals surface area contributed by atoms with Crippen LogP contribution in [0.4, 0.5) is 5.69 Å². The standard InChI is InChI=1S/C19H23ClN2O.2ClH/c1-16-5-2-3-8-19(16)22-11-9-21(10-12-22)13-14-23-18-7-4-6-17(20)15-18;;/h2-8,15H,9-14H2,1H3;2*1H. The van der Waals surface area contributed by atoms with Crippen molar-refractivity contribution in [2.45, 2.75) is 6.92 Å². The van der Waals surface area contributed by atoms with E-state index in [0.717, 1.165) is 38.5 Å². The molecule has 1 fully saturated rings. The number of aryl methyl sites for hydroxylation is 1. The number of piperazine rings is 1. The Morgan fingerprint density at radius 2 is 1.68 bits per heavy atom. The summed E-state index contributed by atoms with van der Waals surface area (Å²) in [5, 5.41) is 0.717. The quantitative estimate of drug-likeness (QED) is 0.720. The van der Waals surface area contributed by atoms with E-state index in [2.05, 4.69) is 41.0 Å². The molecule has 0 N–H and O–H groups in total. The van der Waals surface area contributed by atoms with Crippen LogP contribution in [-0.2, 0) is 0 Å². The highest BCUT2D eigenvalue weighted by atomic mass is 35.5. The molecule has 0 aliphatic carbocycles. The average molecular weight is 404 g/mol. The van der Waals surface area contributed by atoms with E-state index < -0.39 is 0 Å². The van der Waals surface area contributed by atoms with Gasteiger partial charge in [-0.2, -0.15) is 0 Å². The molecule has 1 aliphatic heterocycles. The molecule has 2 aromatic carbocycles. The van der Waals surface area contributed by atoms with Crippen molar-refractivity contribution in [3.05, 3.63) is 59.1 Å². The average Bonchev–Trinajstić information content (AvgIpc) is 2.56. The molecule has 0 spiro atoms. The lowest BCUT2D eigenvalue weighted by molar-refractivity contribution is 0.200. The molecule has 0 atom stereocenters. The van der Waals surface area contributed by atoms with E-state index in [0.29, 0.717) is 11.6 Å².